The molecular formula is C26H32N2O8. The minimum atomic E-state index is -0.654. The number of hydrogen-bond acceptors (Lipinski definition) is 9. The lowest BCUT2D eigenvalue weighted by Crippen LogP contribution is -2.25. The predicted octanol–water partition coefficient (Wildman–Crippen LogP) is 4.74. The fourth-order valence-corrected chi connectivity index (χ4v) is 3.65. The first-order chi connectivity index (χ1) is 17.3. The van der Waals surface area contributed by atoms with Crippen LogP contribution in [0.25, 0.3) is 12.2 Å². The summed E-state index contributed by atoms with van der Waals surface area (Å²) in [6.45, 7) is 5.42. The Labute approximate surface area is 210 Å². The number of anilines is 1. The standard InChI is InChI=1S/C26H32N2O8/c1-6-27(14-8-9-25(29)36-7-2)22-17-23(33-3)19(16-24(22)34-4)12-10-18-11-13-20(26(30)35-5)15-21(18)28(31)32/h10-13,15-17H,6-9,14H2,1-5H3/b12-10+. The van der Waals surface area contributed by atoms with E-state index in [1.54, 1.807) is 32.3 Å². The molecule has 10 nitrogen and oxygen atoms in total. The summed E-state index contributed by atoms with van der Waals surface area (Å²) in [5.74, 6) is 0.245. The molecular weight excluding hydrogens is 468 g/mol. The molecule has 0 saturated heterocycles. The Bertz CT molecular complexity index is 1110. The number of ether oxygens (including phenoxy) is 4. The molecule has 36 heavy (non-hydrogen) atoms. The number of esters is 2. The van der Waals surface area contributed by atoms with E-state index in [1.807, 2.05) is 13.0 Å². The highest BCUT2D eigenvalue weighted by Crippen LogP contribution is 2.37. The van der Waals surface area contributed by atoms with Crippen molar-refractivity contribution in [2.75, 3.05) is 45.9 Å². The topological polar surface area (TPSA) is 117 Å². The Morgan fingerprint density at radius 1 is 1.00 bits per heavy atom. The van der Waals surface area contributed by atoms with Gasteiger partial charge in [-0.05, 0) is 44.5 Å². The van der Waals surface area contributed by atoms with E-state index < -0.39 is 10.9 Å². The second-order valence-corrected chi connectivity index (χ2v) is 7.61. The summed E-state index contributed by atoms with van der Waals surface area (Å²) in [4.78, 5) is 36.5. The van der Waals surface area contributed by atoms with E-state index in [4.69, 9.17) is 14.2 Å². The Morgan fingerprint density at radius 2 is 1.69 bits per heavy atom. The van der Waals surface area contributed by atoms with Gasteiger partial charge >= 0.3 is 11.9 Å². The molecule has 10 heteroatoms. The van der Waals surface area contributed by atoms with Gasteiger partial charge in [0.25, 0.3) is 5.69 Å². The molecule has 194 valence electrons. The molecule has 2 aromatic rings. The lowest BCUT2D eigenvalue weighted by molar-refractivity contribution is -0.385. The van der Waals surface area contributed by atoms with Gasteiger partial charge in [-0.25, -0.2) is 4.79 Å². The van der Waals surface area contributed by atoms with Crippen LogP contribution in [0.1, 0.15) is 48.2 Å². The highest BCUT2D eigenvalue weighted by atomic mass is 16.6. The van der Waals surface area contributed by atoms with Crippen LogP contribution in [-0.4, -0.2) is 57.9 Å². The summed E-state index contributed by atoms with van der Waals surface area (Å²) in [6, 6.07) is 7.76. The van der Waals surface area contributed by atoms with Crippen molar-refractivity contribution in [2.24, 2.45) is 0 Å². The summed E-state index contributed by atoms with van der Waals surface area (Å²) in [5.41, 5.74) is 1.62. The number of rotatable bonds is 13. The zero-order valence-electron chi connectivity index (χ0n) is 21.2. The van der Waals surface area contributed by atoms with E-state index in [-0.39, 0.29) is 17.2 Å². The van der Waals surface area contributed by atoms with Gasteiger partial charge in [0, 0.05) is 37.2 Å². The lowest BCUT2D eigenvalue weighted by atomic mass is 10.1. The lowest BCUT2D eigenvalue weighted by Gasteiger charge is -2.26. The quantitative estimate of drug-likeness (QED) is 0.166. The maximum Gasteiger partial charge on any atom is 0.338 e. The van der Waals surface area contributed by atoms with Crippen LogP contribution in [0.3, 0.4) is 0 Å². The molecule has 2 rings (SSSR count). The predicted molar refractivity (Wildman–Crippen MR) is 137 cm³/mol. The first-order valence-corrected chi connectivity index (χ1v) is 11.5. The van der Waals surface area contributed by atoms with Gasteiger partial charge in [0.1, 0.15) is 11.5 Å². The van der Waals surface area contributed by atoms with Crippen LogP contribution in [0, 0.1) is 10.1 Å². The summed E-state index contributed by atoms with van der Waals surface area (Å²) >= 11 is 0. The van der Waals surface area contributed by atoms with Crippen LogP contribution in [0.4, 0.5) is 11.4 Å². The normalized spacial score (nSPS) is 10.7. The monoisotopic (exact) mass is 500 g/mol. The average Bonchev–Trinajstić information content (AvgIpc) is 2.89. The molecule has 0 fully saturated rings. The van der Waals surface area contributed by atoms with Gasteiger partial charge in [-0.2, -0.15) is 0 Å². The van der Waals surface area contributed by atoms with Crippen LogP contribution in [-0.2, 0) is 14.3 Å². The van der Waals surface area contributed by atoms with Crippen molar-refractivity contribution in [3.05, 3.63) is 57.1 Å². The van der Waals surface area contributed by atoms with Crippen molar-refractivity contribution in [1.29, 1.82) is 0 Å². The molecule has 0 bridgehead atoms. The van der Waals surface area contributed by atoms with E-state index in [9.17, 15) is 19.7 Å². The largest absolute Gasteiger partial charge is 0.496 e. The molecule has 0 atom stereocenters. The third-order valence-corrected chi connectivity index (χ3v) is 5.46. The van der Waals surface area contributed by atoms with E-state index in [2.05, 4.69) is 9.64 Å². The molecule has 0 aliphatic carbocycles. The first-order valence-electron chi connectivity index (χ1n) is 11.5. The number of nitro groups is 1. The van der Waals surface area contributed by atoms with Gasteiger partial charge in [-0.3, -0.25) is 14.9 Å². The second kappa shape index (κ2) is 13.7. The van der Waals surface area contributed by atoms with Crippen molar-refractivity contribution < 1.29 is 33.5 Å². The molecule has 0 aromatic heterocycles. The van der Waals surface area contributed by atoms with Crippen LogP contribution in [0.5, 0.6) is 11.5 Å². The Balaban J connectivity index is 2.37. The highest BCUT2D eigenvalue weighted by molar-refractivity contribution is 5.91. The minimum absolute atomic E-state index is 0.0903. The zero-order valence-corrected chi connectivity index (χ0v) is 21.2. The summed E-state index contributed by atoms with van der Waals surface area (Å²) in [6.07, 6.45) is 4.19. The van der Waals surface area contributed by atoms with Gasteiger partial charge in [-0.1, -0.05) is 6.08 Å². The van der Waals surface area contributed by atoms with Gasteiger partial charge in [-0.15, -0.1) is 0 Å². The number of methoxy groups -OCH3 is 3. The molecule has 0 heterocycles. The first kappa shape index (κ1) is 28.2. The Morgan fingerprint density at radius 3 is 2.28 bits per heavy atom. The SMILES string of the molecule is CCOC(=O)CCCN(CC)c1cc(OC)c(/C=C/c2ccc(C(=O)OC)cc2[N+](=O)[O-])cc1OC. The van der Waals surface area contributed by atoms with Crippen molar-refractivity contribution in [3.8, 4) is 11.5 Å². The Kier molecular flexibility index (Phi) is 10.7. The molecule has 0 unspecified atom stereocenters. The van der Waals surface area contributed by atoms with Crippen molar-refractivity contribution in [1.82, 2.24) is 0 Å². The number of benzene rings is 2. The fourth-order valence-electron chi connectivity index (χ4n) is 3.65. The fraction of sp³-hybridized carbons (Fsp3) is 0.385. The van der Waals surface area contributed by atoms with Crippen LogP contribution in [0.15, 0.2) is 30.3 Å². The number of carbonyl (C=O) groups excluding carboxylic acids is 2. The second-order valence-electron chi connectivity index (χ2n) is 7.61. The molecule has 0 saturated carbocycles. The number of hydrogen-bond donors (Lipinski definition) is 0. The van der Waals surface area contributed by atoms with Crippen LogP contribution in [0.2, 0.25) is 0 Å². The number of nitro benzene ring substituents is 1. The zero-order chi connectivity index (χ0) is 26.7. The smallest absolute Gasteiger partial charge is 0.338 e. The van der Waals surface area contributed by atoms with E-state index >= 15 is 0 Å². The van der Waals surface area contributed by atoms with Gasteiger partial charge in [0.2, 0.25) is 0 Å². The van der Waals surface area contributed by atoms with Crippen LogP contribution < -0.4 is 14.4 Å². The van der Waals surface area contributed by atoms with E-state index in [1.165, 1.54) is 32.4 Å². The molecule has 2 aromatic carbocycles. The van der Waals surface area contributed by atoms with Gasteiger partial charge in [0.15, 0.2) is 0 Å². The molecule has 0 N–H and O–H groups in total. The summed E-state index contributed by atoms with van der Waals surface area (Å²) in [7, 11) is 4.31. The van der Waals surface area contributed by atoms with Crippen molar-refractivity contribution >= 4 is 35.5 Å². The number of nitrogens with zero attached hydrogens (tertiary/aromatic N) is 2. The maximum absolute atomic E-state index is 11.8. The van der Waals surface area contributed by atoms with E-state index in [0.29, 0.717) is 55.2 Å². The average molecular weight is 501 g/mol. The molecule has 0 amide bonds. The van der Waals surface area contributed by atoms with E-state index in [0.717, 1.165) is 5.69 Å². The number of carbonyl (C=O) groups is 2. The van der Waals surface area contributed by atoms with Gasteiger partial charge in [0.05, 0.1) is 49.7 Å². The summed E-state index contributed by atoms with van der Waals surface area (Å²) in [5, 5.41) is 11.6. The molecule has 0 spiro atoms. The van der Waals surface area contributed by atoms with Gasteiger partial charge < -0.3 is 23.8 Å². The third-order valence-electron chi connectivity index (χ3n) is 5.46. The molecule has 0 aliphatic rings. The third kappa shape index (κ3) is 7.21. The maximum atomic E-state index is 11.8. The summed E-state index contributed by atoms with van der Waals surface area (Å²) < 4.78 is 20.8. The van der Waals surface area contributed by atoms with Crippen molar-refractivity contribution in [3.63, 3.8) is 0 Å². The molecule has 0 radical (unpaired) electrons. The molecule has 0 aliphatic heterocycles. The highest BCUT2D eigenvalue weighted by Gasteiger charge is 2.18. The minimum Gasteiger partial charge on any atom is -0.496 e. The Hall–Kier alpha value is -4.08. The van der Waals surface area contributed by atoms with Crippen LogP contribution >= 0.6 is 0 Å². The van der Waals surface area contributed by atoms with Crippen molar-refractivity contribution in [2.45, 2.75) is 26.7 Å².